The van der Waals surface area contributed by atoms with Gasteiger partial charge in [0.2, 0.25) is 0 Å². The van der Waals surface area contributed by atoms with Crippen LogP contribution in [-0.4, -0.2) is 16.5 Å². The van der Waals surface area contributed by atoms with Crippen LogP contribution < -0.4 is 5.73 Å². The molecule has 86 valence electrons. The Hall–Kier alpha value is -1.48. The summed E-state index contributed by atoms with van der Waals surface area (Å²) in [4.78, 5) is 11.1. The number of alkyl halides is 1. The molecule has 1 atom stereocenters. The van der Waals surface area contributed by atoms with Crippen molar-refractivity contribution in [1.29, 1.82) is 0 Å². The van der Waals surface area contributed by atoms with Crippen molar-refractivity contribution in [2.24, 2.45) is 5.73 Å². The number of nitrogens with two attached hydrogens (primary N) is 1. The SMILES string of the molecule is CC(Cl)CC(C(=O)O)=C(N)c1ccccc1. The third-order valence-electron chi connectivity index (χ3n) is 2.15. The first-order valence-corrected chi connectivity index (χ1v) is 5.37. The highest BCUT2D eigenvalue weighted by molar-refractivity contribution is 6.21. The zero-order chi connectivity index (χ0) is 12.1. The average Bonchev–Trinajstić information content (AvgIpc) is 2.25. The predicted molar refractivity (Wildman–Crippen MR) is 65.1 cm³/mol. The molecule has 16 heavy (non-hydrogen) atoms. The number of hydrogen-bond donors (Lipinski definition) is 2. The van der Waals surface area contributed by atoms with Gasteiger partial charge in [-0.2, -0.15) is 0 Å². The zero-order valence-corrected chi connectivity index (χ0v) is 9.74. The highest BCUT2D eigenvalue weighted by Crippen LogP contribution is 2.19. The molecule has 0 aliphatic heterocycles. The molecule has 1 rings (SSSR count). The molecule has 0 saturated heterocycles. The van der Waals surface area contributed by atoms with E-state index >= 15 is 0 Å². The Morgan fingerprint density at radius 1 is 1.44 bits per heavy atom. The molecule has 1 aromatic carbocycles. The van der Waals surface area contributed by atoms with E-state index < -0.39 is 5.97 Å². The fourth-order valence-electron chi connectivity index (χ4n) is 1.39. The van der Waals surface area contributed by atoms with Gasteiger partial charge in [0, 0.05) is 11.1 Å². The number of halogens is 1. The maximum absolute atomic E-state index is 11.1. The smallest absolute Gasteiger partial charge is 0.333 e. The fourth-order valence-corrected chi connectivity index (χ4v) is 1.54. The van der Waals surface area contributed by atoms with E-state index in [2.05, 4.69) is 0 Å². The third-order valence-corrected chi connectivity index (χ3v) is 2.31. The average molecular weight is 240 g/mol. The minimum Gasteiger partial charge on any atom is -0.478 e. The number of hydrogen-bond acceptors (Lipinski definition) is 2. The summed E-state index contributed by atoms with van der Waals surface area (Å²) in [6.45, 7) is 1.74. The van der Waals surface area contributed by atoms with Crippen LogP contribution in [0.5, 0.6) is 0 Å². The van der Waals surface area contributed by atoms with Crippen molar-refractivity contribution in [2.45, 2.75) is 18.7 Å². The molecule has 0 radical (unpaired) electrons. The van der Waals surface area contributed by atoms with Crippen molar-refractivity contribution >= 4 is 23.3 Å². The van der Waals surface area contributed by atoms with Gasteiger partial charge in [0.1, 0.15) is 0 Å². The van der Waals surface area contributed by atoms with Crippen LogP contribution in [0.15, 0.2) is 35.9 Å². The Bertz CT molecular complexity index is 399. The van der Waals surface area contributed by atoms with Gasteiger partial charge in [0.05, 0.1) is 5.57 Å². The lowest BCUT2D eigenvalue weighted by Crippen LogP contribution is -2.12. The first kappa shape index (κ1) is 12.6. The van der Waals surface area contributed by atoms with Gasteiger partial charge in [-0.3, -0.25) is 0 Å². The largest absolute Gasteiger partial charge is 0.478 e. The monoisotopic (exact) mass is 239 g/mol. The third kappa shape index (κ3) is 3.28. The molecule has 0 amide bonds. The summed E-state index contributed by atoms with van der Waals surface area (Å²) in [6.07, 6.45) is 0.248. The van der Waals surface area contributed by atoms with E-state index in [9.17, 15) is 4.79 Å². The molecule has 0 aliphatic rings. The number of benzene rings is 1. The summed E-state index contributed by atoms with van der Waals surface area (Å²) in [7, 11) is 0. The topological polar surface area (TPSA) is 63.3 Å². The van der Waals surface area contributed by atoms with E-state index in [1.165, 1.54) is 0 Å². The molecule has 4 heteroatoms. The van der Waals surface area contributed by atoms with Crippen molar-refractivity contribution in [3.05, 3.63) is 41.5 Å². The summed E-state index contributed by atoms with van der Waals surface area (Å²) < 4.78 is 0. The van der Waals surface area contributed by atoms with Crippen LogP contribution in [0.3, 0.4) is 0 Å². The molecule has 1 aromatic rings. The fraction of sp³-hybridized carbons (Fsp3) is 0.250. The maximum atomic E-state index is 11.1. The second-order valence-corrected chi connectivity index (χ2v) is 4.29. The van der Waals surface area contributed by atoms with E-state index in [4.69, 9.17) is 22.4 Å². The molecule has 0 spiro atoms. The Balaban J connectivity index is 3.11. The van der Waals surface area contributed by atoms with Crippen molar-refractivity contribution in [1.82, 2.24) is 0 Å². The zero-order valence-electron chi connectivity index (χ0n) is 8.98. The van der Waals surface area contributed by atoms with Crippen LogP contribution in [0, 0.1) is 0 Å². The van der Waals surface area contributed by atoms with Gasteiger partial charge in [0.25, 0.3) is 0 Å². The number of carboxylic acid groups (broad SMARTS) is 1. The van der Waals surface area contributed by atoms with Gasteiger partial charge < -0.3 is 10.8 Å². The molecular formula is C12H14ClNO2. The standard InChI is InChI=1S/C12H14ClNO2/c1-8(13)7-10(12(15)16)11(14)9-5-3-2-4-6-9/h2-6,8H,7,14H2,1H3,(H,15,16). The van der Waals surface area contributed by atoms with Crippen molar-refractivity contribution in [2.75, 3.05) is 0 Å². The summed E-state index contributed by atoms with van der Waals surface area (Å²) >= 11 is 5.80. The lowest BCUT2D eigenvalue weighted by atomic mass is 10.0. The Kier molecular flexibility index (Phi) is 4.38. The molecule has 3 nitrogen and oxygen atoms in total. The molecule has 0 bridgehead atoms. The summed E-state index contributed by atoms with van der Waals surface area (Å²) in [6, 6.07) is 9.02. The van der Waals surface area contributed by atoms with Crippen LogP contribution in [0.1, 0.15) is 18.9 Å². The lowest BCUT2D eigenvalue weighted by molar-refractivity contribution is -0.132. The first-order chi connectivity index (χ1) is 7.52. The molecule has 0 aromatic heterocycles. The maximum Gasteiger partial charge on any atom is 0.333 e. The minimum atomic E-state index is -1.02. The van der Waals surface area contributed by atoms with Crippen molar-refractivity contribution in [3.8, 4) is 0 Å². The summed E-state index contributed by atoms with van der Waals surface area (Å²) in [5.74, 6) is -1.02. The molecule has 1 unspecified atom stereocenters. The van der Waals surface area contributed by atoms with Crippen LogP contribution >= 0.6 is 11.6 Å². The number of carbonyl (C=O) groups is 1. The quantitative estimate of drug-likeness (QED) is 0.627. The molecule has 0 heterocycles. The number of aliphatic carboxylic acids is 1. The molecule has 0 saturated carbocycles. The Labute approximate surface area is 99.5 Å². The van der Waals surface area contributed by atoms with Gasteiger partial charge in [-0.1, -0.05) is 30.3 Å². The second kappa shape index (κ2) is 5.56. The van der Waals surface area contributed by atoms with Crippen LogP contribution in [0.25, 0.3) is 5.70 Å². The van der Waals surface area contributed by atoms with E-state index in [1.807, 2.05) is 18.2 Å². The molecule has 3 N–H and O–H groups in total. The van der Waals surface area contributed by atoms with E-state index in [0.29, 0.717) is 5.56 Å². The molecule has 0 fully saturated rings. The van der Waals surface area contributed by atoms with Gasteiger partial charge in [-0.05, 0) is 18.9 Å². The van der Waals surface area contributed by atoms with Gasteiger partial charge in [-0.25, -0.2) is 4.79 Å². The normalized spacial score (nSPS) is 14.1. The highest BCUT2D eigenvalue weighted by atomic mass is 35.5. The van der Waals surface area contributed by atoms with E-state index in [0.717, 1.165) is 0 Å². The lowest BCUT2D eigenvalue weighted by Gasteiger charge is -2.09. The highest BCUT2D eigenvalue weighted by Gasteiger charge is 2.15. The number of carboxylic acids is 1. The first-order valence-electron chi connectivity index (χ1n) is 4.93. The van der Waals surface area contributed by atoms with Gasteiger partial charge in [0.15, 0.2) is 0 Å². The van der Waals surface area contributed by atoms with Crippen LogP contribution in [-0.2, 0) is 4.79 Å². The van der Waals surface area contributed by atoms with Crippen molar-refractivity contribution in [3.63, 3.8) is 0 Å². The van der Waals surface area contributed by atoms with E-state index in [-0.39, 0.29) is 23.1 Å². The molecular weight excluding hydrogens is 226 g/mol. The Morgan fingerprint density at radius 2 is 2.00 bits per heavy atom. The van der Waals surface area contributed by atoms with E-state index in [1.54, 1.807) is 19.1 Å². The van der Waals surface area contributed by atoms with Gasteiger partial charge in [-0.15, -0.1) is 11.6 Å². The predicted octanol–water partition coefficient (Wildman–Crippen LogP) is 2.46. The summed E-state index contributed by atoms with van der Waals surface area (Å²) in [5, 5.41) is 8.80. The van der Waals surface area contributed by atoms with Crippen molar-refractivity contribution < 1.29 is 9.90 Å². The minimum absolute atomic E-state index is 0.161. The number of rotatable bonds is 4. The van der Waals surface area contributed by atoms with Gasteiger partial charge >= 0.3 is 5.97 Å². The second-order valence-electron chi connectivity index (χ2n) is 3.55. The van der Waals surface area contributed by atoms with Crippen LogP contribution in [0.2, 0.25) is 0 Å². The molecule has 0 aliphatic carbocycles. The van der Waals surface area contributed by atoms with Crippen LogP contribution in [0.4, 0.5) is 0 Å². The summed E-state index contributed by atoms with van der Waals surface area (Å²) in [5.41, 5.74) is 6.97. The Morgan fingerprint density at radius 3 is 2.44 bits per heavy atom.